The van der Waals surface area contributed by atoms with Gasteiger partial charge in [-0.3, -0.25) is 4.79 Å². The quantitative estimate of drug-likeness (QED) is 0.797. The third-order valence-corrected chi connectivity index (χ3v) is 5.33. The van der Waals surface area contributed by atoms with E-state index in [-0.39, 0.29) is 22.6 Å². The molecule has 2 heterocycles. The van der Waals surface area contributed by atoms with Crippen molar-refractivity contribution < 1.29 is 27.8 Å². The number of amides is 1. The Morgan fingerprint density at radius 3 is 2.68 bits per heavy atom. The zero-order valence-electron chi connectivity index (χ0n) is 14.0. The molecule has 0 bridgehead atoms. The maximum absolute atomic E-state index is 12.7. The molecule has 2 aliphatic heterocycles. The van der Waals surface area contributed by atoms with Crippen LogP contribution in [-0.4, -0.2) is 39.7 Å². The van der Waals surface area contributed by atoms with Gasteiger partial charge in [-0.25, -0.2) is 0 Å². The first-order valence-corrected chi connectivity index (χ1v) is 8.96. The monoisotopic (exact) mass is 375 g/mol. The molecule has 25 heavy (non-hydrogen) atoms. The van der Waals surface area contributed by atoms with Gasteiger partial charge in [-0.1, -0.05) is 0 Å². The predicted octanol–water partition coefficient (Wildman–Crippen LogP) is 3.88. The van der Waals surface area contributed by atoms with Crippen LogP contribution >= 0.6 is 11.8 Å². The molecule has 1 amide bonds. The van der Waals surface area contributed by atoms with E-state index in [1.54, 1.807) is 18.7 Å². The van der Waals surface area contributed by atoms with Crippen molar-refractivity contribution in [2.24, 2.45) is 0 Å². The second kappa shape index (κ2) is 6.39. The number of benzene rings is 1. The maximum Gasteiger partial charge on any atom is 0.446 e. The first-order valence-electron chi connectivity index (χ1n) is 8.15. The standard InChI is InChI=1S/C17H20F3NO3S/c1-16(2)15(23)14(21-8-4-3-5-13(21)22)11-9-10(25-17(18,19)20)6-7-12(11)24-16/h6-7,9,14-15,23H,3-5,8H2,1-2H3/t14-,15+/m1/s1. The number of rotatable bonds is 2. The van der Waals surface area contributed by atoms with Crippen LogP contribution < -0.4 is 4.74 Å². The highest BCUT2D eigenvalue weighted by atomic mass is 32.2. The number of halogens is 3. The Morgan fingerprint density at radius 2 is 2.04 bits per heavy atom. The average Bonchev–Trinajstić information content (AvgIpc) is 2.49. The van der Waals surface area contributed by atoms with E-state index in [0.29, 0.717) is 24.3 Å². The van der Waals surface area contributed by atoms with Gasteiger partial charge in [0.2, 0.25) is 5.91 Å². The molecule has 1 saturated heterocycles. The summed E-state index contributed by atoms with van der Waals surface area (Å²) in [6.45, 7) is 3.90. The van der Waals surface area contributed by atoms with Gasteiger partial charge in [0.1, 0.15) is 17.5 Å². The minimum absolute atomic E-state index is 0.0104. The summed E-state index contributed by atoms with van der Waals surface area (Å²) in [5.41, 5.74) is -4.93. The van der Waals surface area contributed by atoms with Gasteiger partial charge in [-0.05, 0) is 56.7 Å². The lowest BCUT2D eigenvalue weighted by Crippen LogP contribution is -2.55. The molecule has 0 saturated carbocycles. The van der Waals surface area contributed by atoms with Crippen molar-refractivity contribution in [3.05, 3.63) is 23.8 Å². The summed E-state index contributed by atoms with van der Waals surface area (Å²) in [5.74, 6) is 0.318. The van der Waals surface area contributed by atoms with Crippen LogP contribution in [0.2, 0.25) is 0 Å². The van der Waals surface area contributed by atoms with Crippen molar-refractivity contribution >= 4 is 17.7 Å². The lowest BCUT2D eigenvalue weighted by molar-refractivity contribution is -0.147. The molecule has 1 fully saturated rings. The zero-order valence-corrected chi connectivity index (χ0v) is 14.8. The molecular formula is C17H20F3NO3S. The van der Waals surface area contributed by atoms with E-state index >= 15 is 0 Å². The molecule has 0 unspecified atom stereocenters. The zero-order chi connectivity index (χ0) is 18.4. The van der Waals surface area contributed by atoms with Gasteiger partial charge in [0, 0.05) is 23.4 Å². The van der Waals surface area contributed by atoms with Crippen molar-refractivity contribution in [1.82, 2.24) is 4.90 Å². The molecule has 138 valence electrons. The molecule has 2 atom stereocenters. The second-order valence-electron chi connectivity index (χ2n) is 6.89. The molecule has 8 heteroatoms. The molecular weight excluding hydrogens is 355 g/mol. The molecule has 1 aromatic rings. The number of carbonyl (C=O) groups is 1. The molecule has 1 aromatic carbocycles. The highest BCUT2D eigenvalue weighted by Crippen LogP contribution is 2.46. The van der Waals surface area contributed by atoms with Gasteiger partial charge in [-0.2, -0.15) is 13.2 Å². The number of fused-ring (bicyclic) bond motifs is 1. The Bertz CT molecular complexity index is 678. The summed E-state index contributed by atoms with van der Waals surface area (Å²) >= 11 is -0.216. The summed E-state index contributed by atoms with van der Waals surface area (Å²) < 4.78 is 43.9. The normalized spacial score (nSPS) is 26.2. The first-order chi connectivity index (χ1) is 11.6. The highest BCUT2D eigenvalue weighted by Gasteiger charge is 2.47. The van der Waals surface area contributed by atoms with Crippen LogP contribution in [-0.2, 0) is 4.79 Å². The number of nitrogens with zero attached hydrogens (tertiary/aromatic N) is 1. The Morgan fingerprint density at radius 1 is 1.32 bits per heavy atom. The van der Waals surface area contributed by atoms with Crippen LogP contribution in [0.4, 0.5) is 13.2 Å². The van der Waals surface area contributed by atoms with Crippen molar-refractivity contribution in [2.45, 2.75) is 61.3 Å². The van der Waals surface area contributed by atoms with Gasteiger partial charge in [0.15, 0.2) is 0 Å². The van der Waals surface area contributed by atoms with Crippen LogP contribution in [0.15, 0.2) is 23.1 Å². The number of ether oxygens (including phenoxy) is 1. The fourth-order valence-electron chi connectivity index (χ4n) is 3.40. The van der Waals surface area contributed by atoms with E-state index in [2.05, 4.69) is 0 Å². The molecule has 0 aliphatic carbocycles. The Labute approximate surface area is 148 Å². The van der Waals surface area contributed by atoms with Gasteiger partial charge >= 0.3 is 5.51 Å². The number of likely N-dealkylation sites (tertiary alicyclic amines) is 1. The molecule has 0 radical (unpaired) electrons. The molecule has 0 aromatic heterocycles. The van der Waals surface area contributed by atoms with E-state index in [0.717, 1.165) is 12.8 Å². The van der Waals surface area contributed by atoms with Crippen LogP contribution in [0.5, 0.6) is 5.75 Å². The van der Waals surface area contributed by atoms with E-state index in [4.69, 9.17) is 4.74 Å². The largest absolute Gasteiger partial charge is 0.485 e. The minimum Gasteiger partial charge on any atom is -0.485 e. The van der Waals surface area contributed by atoms with Gasteiger partial charge < -0.3 is 14.7 Å². The van der Waals surface area contributed by atoms with Crippen molar-refractivity contribution in [2.75, 3.05) is 6.54 Å². The lowest BCUT2D eigenvalue weighted by Gasteiger charge is -2.47. The van der Waals surface area contributed by atoms with Gasteiger partial charge in [0.25, 0.3) is 0 Å². The number of thioether (sulfide) groups is 1. The van der Waals surface area contributed by atoms with Crippen molar-refractivity contribution in [1.29, 1.82) is 0 Å². The van der Waals surface area contributed by atoms with Gasteiger partial charge in [0.05, 0.1) is 6.04 Å². The van der Waals surface area contributed by atoms with E-state index in [9.17, 15) is 23.1 Å². The maximum atomic E-state index is 12.7. The van der Waals surface area contributed by atoms with Gasteiger partial charge in [-0.15, -0.1) is 0 Å². The number of carbonyl (C=O) groups excluding carboxylic acids is 1. The van der Waals surface area contributed by atoms with E-state index < -0.39 is 23.3 Å². The third-order valence-electron chi connectivity index (χ3n) is 4.61. The number of aliphatic hydroxyl groups is 1. The van der Waals surface area contributed by atoms with Crippen LogP contribution in [0.3, 0.4) is 0 Å². The number of aliphatic hydroxyl groups excluding tert-OH is 1. The van der Waals surface area contributed by atoms with Crippen LogP contribution in [0.25, 0.3) is 0 Å². The molecule has 1 N–H and O–H groups in total. The molecule has 0 spiro atoms. The SMILES string of the molecule is CC1(C)Oc2ccc(SC(F)(F)F)cc2[C@@H](N2CCCCC2=O)[C@@H]1O. The van der Waals surface area contributed by atoms with E-state index in [1.165, 1.54) is 18.2 Å². The summed E-state index contributed by atoms with van der Waals surface area (Å²) in [5, 5.41) is 10.8. The average molecular weight is 375 g/mol. The Hall–Kier alpha value is -1.41. The third kappa shape index (κ3) is 3.74. The summed E-state index contributed by atoms with van der Waals surface area (Å²) in [4.78, 5) is 14.0. The topological polar surface area (TPSA) is 49.8 Å². The smallest absolute Gasteiger partial charge is 0.446 e. The summed E-state index contributed by atoms with van der Waals surface area (Å²) in [6.07, 6.45) is 0.946. The summed E-state index contributed by atoms with van der Waals surface area (Å²) in [6, 6.07) is 3.50. The van der Waals surface area contributed by atoms with E-state index in [1.807, 2.05) is 0 Å². The predicted molar refractivity (Wildman–Crippen MR) is 87.4 cm³/mol. The number of hydrogen-bond donors (Lipinski definition) is 1. The summed E-state index contributed by atoms with van der Waals surface area (Å²) in [7, 11) is 0. The van der Waals surface area contributed by atoms with Crippen molar-refractivity contribution in [3.8, 4) is 5.75 Å². The first kappa shape index (κ1) is 18.4. The number of alkyl halides is 3. The Balaban J connectivity index is 2.04. The minimum atomic E-state index is -4.40. The highest BCUT2D eigenvalue weighted by molar-refractivity contribution is 8.00. The molecule has 3 rings (SSSR count). The second-order valence-corrected chi connectivity index (χ2v) is 8.03. The fourth-order valence-corrected chi connectivity index (χ4v) is 3.99. The van der Waals surface area contributed by atoms with Crippen LogP contribution in [0, 0.1) is 0 Å². The molecule has 4 nitrogen and oxygen atoms in total. The number of piperidine rings is 1. The lowest BCUT2D eigenvalue weighted by atomic mass is 9.84. The fraction of sp³-hybridized carbons (Fsp3) is 0.588. The van der Waals surface area contributed by atoms with Crippen molar-refractivity contribution in [3.63, 3.8) is 0 Å². The Kier molecular flexibility index (Phi) is 4.70. The molecule has 2 aliphatic rings. The number of hydrogen-bond acceptors (Lipinski definition) is 4. The van der Waals surface area contributed by atoms with Crippen LogP contribution in [0.1, 0.15) is 44.7 Å².